The lowest BCUT2D eigenvalue weighted by Gasteiger charge is -2.62. The Bertz CT molecular complexity index is 891. The Hall–Kier alpha value is -1.07. The summed E-state index contributed by atoms with van der Waals surface area (Å²) in [4.78, 5) is 11.6. The number of fused-ring (bicyclic) bond motifs is 3. The highest BCUT2D eigenvalue weighted by Gasteiger charge is 2.72. The van der Waals surface area contributed by atoms with E-state index in [0.29, 0.717) is 23.9 Å². The second-order valence-corrected chi connectivity index (χ2v) is 12.9. The molecule has 5 fully saturated rings. The molecule has 4 nitrogen and oxygen atoms in total. The first kappa shape index (κ1) is 21.5. The summed E-state index contributed by atoms with van der Waals surface area (Å²) < 4.78 is 18.8. The predicted octanol–water partition coefficient (Wildman–Crippen LogP) is 5.91. The quantitative estimate of drug-likeness (QED) is 0.380. The Morgan fingerprint density at radius 2 is 1.91 bits per heavy atom. The molecule has 0 amide bonds. The number of hydrogen-bond donors (Lipinski definition) is 0. The molecule has 1 aliphatic heterocycles. The van der Waals surface area contributed by atoms with Crippen molar-refractivity contribution in [3.63, 3.8) is 0 Å². The molecule has 0 N–H and O–H groups in total. The molecule has 1 saturated heterocycles. The summed E-state index contributed by atoms with van der Waals surface area (Å²) in [6.07, 6.45) is 9.55. The minimum atomic E-state index is -0.159. The summed E-state index contributed by atoms with van der Waals surface area (Å²) >= 11 is 4.25. The number of carbonyl (C=O) groups excluding carboxylic acids is 1. The molecule has 4 aliphatic carbocycles. The van der Waals surface area contributed by atoms with Crippen LogP contribution in [0.4, 0.5) is 0 Å². The van der Waals surface area contributed by atoms with Gasteiger partial charge in [0.2, 0.25) is 0 Å². The zero-order valence-corrected chi connectivity index (χ0v) is 20.8. The van der Waals surface area contributed by atoms with Gasteiger partial charge in [0.1, 0.15) is 18.0 Å². The van der Waals surface area contributed by atoms with Crippen LogP contribution >= 0.6 is 15.9 Å². The molecule has 4 saturated carbocycles. The minimum absolute atomic E-state index is 0.0183. The fourth-order valence-electron chi connectivity index (χ4n) is 8.84. The molecule has 2 bridgehead atoms. The third-order valence-corrected chi connectivity index (χ3v) is 11.8. The number of halogens is 1. The van der Waals surface area contributed by atoms with Crippen LogP contribution in [0.2, 0.25) is 0 Å². The molecule has 32 heavy (non-hydrogen) atoms. The molecular formula is C27H35BrO4. The lowest BCUT2D eigenvalue weighted by atomic mass is 9.45. The van der Waals surface area contributed by atoms with Crippen molar-refractivity contribution in [2.45, 2.75) is 87.9 Å². The van der Waals surface area contributed by atoms with Crippen LogP contribution in [0, 0.1) is 28.6 Å². The third-order valence-electron chi connectivity index (χ3n) is 10.2. The van der Waals surface area contributed by atoms with E-state index < -0.39 is 0 Å². The molecule has 1 aromatic carbocycles. The van der Waals surface area contributed by atoms with Gasteiger partial charge in [0.25, 0.3) is 0 Å². The van der Waals surface area contributed by atoms with Gasteiger partial charge in [-0.25, -0.2) is 0 Å². The zero-order valence-electron chi connectivity index (χ0n) is 19.2. The van der Waals surface area contributed by atoms with E-state index in [0.717, 1.165) is 44.5 Å². The van der Waals surface area contributed by atoms with Gasteiger partial charge in [-0.15, -0.1) is 0 Å². The van der Waals surface area contributed by atoms with E-state index in [1.807, 2.05) is 0 Å². The molecule has 0 radical (unpaired) electrons. The van der Waals surface area contributed by atoms with Crippen molar-refractivity contribution < 1.29 is 19.0 Å². The van der Waals surface area contributed by atoms with Gasteiger partial charge in [-0.3, -0.25) is 4.79 Å². The van der Waals surface area contributed by atoms with Gasteiger partial charge in [-0.05, 0) is 74.8 Å². The summed E-state index contributed by atoms with van der Waals surface area (Å²) in [6, 6.07) is 10.4. The zero-order chi connectivity index (χ0) is 22.1. The summed E-state index contributed by atoms with van der Waals surface area (Å²) in [5.74, 6) is 2.96. The normalized spacial score (nSPS) is 49.0. The maximum absolute atomic E-state index is 11.6. The smallest absolute Gasteiger partial charge is 0.302 e. The number of rotatable bonds is 3. The molecule has 5 aliphatic rings. The van der Waals surface area contributed by atoms with Crippen LogP contribution in [0.25, 0.3) is 0 Å². The maximum atomic E-state index is 11.6. The van der Waals surface area contributed by atoms with Crippen molar-refractivity contribution in [2.24, 2.45) is 28.6 Å². The van der Waals surface area contributed by atoms with Crippen molar-refractivity contribution in [1.29, 1.82) is 0 Å². The minimum Gasteiger partial charge on any atom is -0.490 e. The SMILES string of the molecule is CC(=O)O[C@H]1CC[C@]23CO[C@@H](C[C@H]4[C@@H]5CC[C@H](Oc6ccccc6)[C@@]5(C)CC[C@@H]42)[C@]3(Br)C1. The van der Waals surface area contributed by atoms with E-state index in [4.69, 9.17) is 14.2 Å². The number of esters is 1. The average molecular weight is 503 g/mol. The Morgan fingerprint density at radius 1 is 1.09 bits per heavy atom. The van der Waals surface area contributed by atoms with Gasteiger partial charge < -0.3 is 14.2 Å². The number of para-hydroxylation sites is 1. The molecule has 1 aromatic rings. The number of alkyl halides is 1. The Morgan fingerprint density at radius 3 is 2.69 bits per heavy atom. The maximum Gasteiger partial charge on any atom is 0.302 e. The molecule has 174 valence electrons. The largest absolute Gasteiger partial charge is 0.490 e. The third kappa shape index (κ3) is 2.92. The second kappa shape index (κ2) is 7.46. The van der Waals surface area contributed by atoms with Crippen molar-refractivity contribution in [3.05, 3.63) is 30.3 Å². The van der Waals surface area contributed by atoms with E-state index in [1.165, 1.54) is 26.2 Å². The fraction of sp³-hybridized carbons (Fsp3) is 0.741. The monoisotopic (exact) mass is 502 g/mol. The van der Waals surface area contributed by atoms with E-state index in [2.05, 4.69) is 53.2 Å². The molecule has 9 atom stereocenters. The van der Waals surface area contributed by atoms with Gasteiger partial charge in [0.05, 0.1) is 17.0 Å². The summed E-state index contributed by atoms with van der Waals surface area (Å²) in [5.41, 5.74) is 0.422. The first-order valence-electron chi connectivity index (χ1n) is 12.6. The number of hydrogen-bond acceptors (Lipinski definition) is 4. The van der Waals surface area contributed by atoms with Gasteiger partial charge in [-0.1, -0.05) is 41.1 Å². The highest BCUT2D eigenvalue weighted by atomic mass is 79.9. The van der Waals surface area contributed by atoms with Crippen LogP contribution in [-0.2, 0) is 14.3 Å². The molecule has 0 unspecified atom stereocenters. The van der Waals surface area contributed by atoms with Crippen molar-refractivity contribution >= 4 is 21.9 Å². The van der Waals surface area contributed by atoms with Crippen molar-refractivity contribution in [2.75, 3.05) is 6.61 Å². The molecular weight excluding hydrogens is 468 g/mol. The van der Waals surface area contributed by atoms with Crippen molar-refractivity contribution in [3.8, 4) is 5.75 Å². The average Bonchev–Trinajstić information content (AvgIpc) is 3.16. The van der Waals surface area contributed by atoms with Crippen LogP contribution in [0.3, 0.4) is 0 Å². The van der Waals surface area contributed by atoms with Gasteiger partial charge in [0, 0.05) is 24.2 Å². The topological polar surface area (TPSA) is 44.8 Å². The Balaban J connectivity index is 1.26. The van der Waals surface area contributed by atoms with Crippen LogP contribution in [0.15, 0.2) is 30.3 Å². The van der Waals surface area contributed by atoms with Gasteiger partial charge in [0.15, 0.2) is 0 Å². The first-order chi connectivity index (χ1) is 15.4. The Labute approximate surface area is 199 Å². The standard InChI is InChI=1S/C27H35BrO4/c1-17(29)31-19-10-13-26-16-30-24(27(26,28)15-19)14-20-21-8-9-23(25(21,2)12-11-22(20)26)32-18-6-4-3-5-7-18/h3-7,19-24H,8-16H2,1-2H3/t19-,20-,21-,22-,23-,24-,25-,26-,27+/m0/s1. The van der Waals surface area contributed by atoms with Gasteiger partial charge >= 0.3 is 5.97 Å². The van der Waals surface area contributed by atoms with Crippen LogP contribution in [0.1, 0.15) is 65.2 Å². The molecule has 1 heterocycles. The van der Waals surface area contributed by atoms with Crippen LogP contribution in [-0.4, -0.2) is 35.2 Å². The van der Waals surface area contributed by atoms with E-state index in [1.54, 1.807) is 0 Å². The second-order valence-electron chi connectivity index (χ2n) is 11.4. The van der Waals surface area contributed by atoms with Crippen molar-refractivity contribution in [1.82, 2.24) is 0 Å². The fourth-order valence-corrected chi connectivity index (χ4v) is 10.1. The Kier molecular flexibility index (Phi) is 5.01. The molecule has 5 heteroatoms. The lowest BCUT2D eigenvalue weighted by Crippen LogP contribution is -2.64. The number of benzene rings is 1. The highest BCUT2D eigenvalue weighted by molar-refractivity contribution is 9.10. The molecule has 0 spiro atoms. The number of ether oxygens (including phenoxy) is 3. The summed E-state index contributed by atoms with van der Waals surface area (Å²) in [6.45, 7) is 4.90. The summed E-state index contributed by atoms with van der Waals surface area (Å²) in [7, 11) is 0. The molecule has 6 rings (SSSR count). The lowest BCUT2D eigenvalue weighted by molar-refractivity contribution is -0.154. The van der Waals surface area contributed by atoms with Crippen LogP contribution in [0.5, 0.6) is 5.75 Å². The molecule has 0 aromatic heterocycles. The van der Waals surface area contributed by atoms with E-state index in [-0.39, 0.29) is 33.3 Å². The highest BCUT2D eigenvalue weighted by Crippen LogP contribution is 2.72. The number of carbonyl (C=O) groups is 1. The predicted molar refractivity (Wildman–Crippen MR) is 126 cm³/mol. The van der Waals surface area contributed by atoms with Crippen LogP contribution < -0.4 is 4.74 Å². The van der Waals surface area contributed by atoms with E-state index >= 15 is 0 Å². The first-order valence-corrected chi connectivity index (χ1v) is 13.3. The van der Waals surface area contributed by atoms with Gasteiger partial charge in [-0.2, -0.15) is 0 Å². The van der Waals surface area contributed by atoms with E-state index in [9.17, 15) is 4.79 Å². The summed E-state index contributed by atoms with van der Waals surface area (Å²) in [5, 5.41) is 0.